The molecule has 0 spiro atoms. The number of hydrogen-bond donors (Lipinski definition) is 1. The first-order valence-corrected chi connectivity index (χ1v) is 14.7. The summed E-state index contributed by atoms with van der Waals surface area (Å²) >= 11 is 0. The van der Waals surface area contributed by atoms with Crippen LogP contribution >= 0.6 is 0 Å². The molecule has 0 aliphatic carbocycles. The minimum absolute atomic E-state index is 0.0353. The predicted octanol–water partition coefficient (Wildman–Crippen LogP) is 5.31. The van der Waals surface area contributed by atoms with Gasteiger partial charge in [0.25, 0.3) is 15.9 Å². The second-order valence-electron chi connectivity index (χ2n) is 10.3. The van der Waals surface area contributed by atoms with E-state index in [1.807, 2.05) is 17.0 Å². The first kappa shape index (κ1) is 26.8. The molecule has 1 amide bonds. The third-order valence-electron chi connectivity index (χ3n) is 7.49. The van der Waals surface area contributed by atoms with Gasteiger partial charge in [-0.25, -0.2) is 8.42 Å². The number of amides is 1. The summed E-state index contributed by atoms with van der Waals surface area (Å²) in [5, 5.41) is 0.751. The summed E-state index contributed by atoms with van der Waals surface area (Å²) in [6.45, 7) is 10.5. The van der Waals surface area contributed by atoms with Crippen LogP contribution in [0.4, 0.5) is 5.69 Å². The van der Waals surface area contributed by atoms with Crippen molar-refractivity contribution in [2.45, 2.75) is 38.6 Å². The topological polar surface area (TPSA) is 82.6 Å². The number of carbonyl (C=O) groups is 1. The lowest BCUT2D eigenvalue weighted by Gasteiger charge is -2.23. The highest BCUT2D eigenvalue weighted by Crippen LogP contribution is 2.24. The van der Waals surface area contributed by atoms with Crippen molar-refractivity contribution in [3.8, 4) is 0 Å². The zero-order valence-electron chi connectivity index (χ0n) is 22.6. The Morgan fingerprint density at radius 3 is 2.41 bits per heavy atom. The monoisotopic (exact) mass is 542 g/mol. The van der Waals surface area contributed by atoms with Gasteiger partial charge in [-0.1, -0.05) is 30.3 Å². The Balaban J connectivity index is 1.23. The van der Waals surface area contributed by atoms with Gasteiger partial charge in [0.1, 0.15) is 4.90 Å². The highest BCUT2D eigenvalue weighted by atomic mass is 32.2. The van der Waals surface area contributed by atoms with Crippen molar-refractivity contribution in [1.82, 2.24) is 14.8 Å². The number of sulfonamides is 1. The maximum absolute atomic E-state index is 13.3. The fraction of sp³-hybridized carbons (Fsp3) is 0.290. The smallest absolute Gasteiger partial charge is 0.264 e. The molecule has 0 unspecified atom stereocenters. The quantitative estimate of drug-likeness (QED) is 0.357. The zero-order chi connectivity index (χ0) is 27.6. The number of benzene rings is 3. The number of nitrogens with one attached hydrogen (secondary N) is 1. The highest BCUT2D eigenvalue weighted by Gasteiger charge is 2.22. The number of anilines is 1. The summed E-state index contributed by atoms with van der Waals surface area (Å²) < 4.78 is 28.8. The molecule has 202 valence electrons. The van der Waals surface area contributed by atoms with Crippen LogP contribution in [0.5, 0.6) is 0 Å². The maximum atomic E-state index is 13.3. The van der Waals surface area contributed by atoms with E-state index < -0.39 is 10.0 Å². The molecule has 0 bridgehead atoms. The molecule has 2 heterocycles. The van der Waals surface area contributed by atoms with Crippen LogP contribution < -0.4 is 4.72 Å². The lowest BCUT2D eigenvalue weighted by molar-refractivity contribution is 0.0761. The van der Waals surface area contributed by atoms with Crippen molar-refractivity contribution in [2.24, 2.45) is 0 Å². The van der Waals surface area contributed by atoms with Crippen molar-refractivity contribution in [3.63, 3.8) is 0 Å². The molecule has 0 saturated carbocycles. The van der Waals surface area contributed by atoms with Gasteiger partial charge in [-0.15, -0.1) is 0 Å². The Bertz CT molecular complexity index is 1610. The van der Waals surface area contributed by atoms with Gasteiger partial charge in [0, 0.05) is 55.6 Å². The largest absolute Gasteiger partial charge is 0.337 e. The summed E-state index contributed by atoms with van der Waals surface area (Å²) in [5.41, 5.74) is 6.63. The van der Waals surface area contributed by atoms with Gasteiger partial charge >= 0.3 is 0 Å². The first-order chi connectivity index (χ1) is 18.7. The van der Waals surface area contributed by atoms with Crippen molar-refractivity contribution in [3.05, 3.63) is 101 Å². The van der Waals surface area contributed by atoms with Crippen molar-refractivity contribution in [1.29, 1.82) is 0 Å². The van der Waals surface area contributed by atoms with Gasteiger partial charge in [0.05, 0.1) is 5.52 Å². The minimum atomic E-state index is -3.85. The summed E-state index contributed by atoms with van der Waals surface area (Å²) in [5.74, 6) is -0.0353. The van der Waals surface area contributed by atoms with Gasteiger partial charge in [-0.05, 0) is 85.8 Å². The van der Waals surface area contributed by atoms with Gasteiger partial charge in [-0.3, -0.25) is 19.4 Å². The van der Waals surface area contributed by atoms with Crippen molar-refractivity contribution in [2.75, 3.05) is 30.9 Å². The molecular formula is C31H34N4O3S. The van der Waals surface area contributed by atoms with E-state index in [9.17, 15) is 13.2 Å². The van der Waals surface area contributed by atoms with E-state index in [0.717, 1.165) is 31.4 Å². The van der Waals surface area contributed by atoms with Crippen LogP contribution in [0.15, 0.2) is 77.8 Å². The van der Waals surface area contributed by atoms with E-state index in [1.54, 1.807) is 48.7 Å². The SMILES string of the molecule is Cc1cc(C)c(CN2CCCN(C(=O)c3ccc(NS(=O)(=O)c4cccc5cccnc45)cc3)CC2)cc1C. The second kappa shape index (κ2) is 11.2. The van der Waals surface area contributed by atoms with Crippen LogP contribution in [0, 0.1) is 20.8 Å². The molecule has 4 aromatic rings. The number of hydrogen-bond acceptors (Lipinski definition) is 5. The number of carbonyl (C=O) groups excluding carboxylic acids is 1. The van der Waals surface area contributed by atoms with Crippen LogP contribution in [0.2, 0.25) is 0 Å². The van der Waals surface area contributed by atoms with Gasteiger partial charge in [0.2, 0.25) is 0 Å². The van der Waals surface area contributed by atoms with E-state index in [0.29, 0.717) is 29.9 Å². The van der Waals surface area contributed by atoms with E-state index in [-0.39, 0.29) is 10.8 Å². The van der Waals surface area contributed by atoms with E-state index >= 15 is 0 Å². The fourth-order valence-corrected chi connectivity index (χ4v) is 6.37. The van der Waals surface area contributed by atoms with Crippen LogP contribution in [-0.4, -0.2) is 55.3 Å². The van der Waals surface area contributed by atoms with Gasteiger partial charge in [0.15, 0.2) is 0 Å². The molecule has 1 saturated heterocycles. The molecule has 1 aliphatic rings. The Hall–Kier alpha value is -3.75. The summed E-state index contributed by atoms with van der Waals surface area (Å²) in [6.07, 6.45) is 2.49. The molecule has 0 atom stereocenters. The highest BCUT2D eigenvalue weighted by molar-refractivity contribution is 7.93. The molecule has 1 N–H and O–H groups in total. The summed E-state index contributed by atoms with van der Waals surface area (Å²) in [7, 11) is -3.85. The third kappa shape index (κ3) is 5.97. The minimum Gasteiger partial charge on any atom is -0.337 e. The molecule has 1 aromatic heterocycles. The molecule has 0 radical (unpaired) electrons. The normalized spacial score (nSPS) is 14.8. The number of rotatable bonds is 6. The lowest BCUT2D eigenvalue weighted by Crippen LogP contribution is -2.35. The maximum Gasteiger partial charge on any atom is 0.264 e. The number of fused-ring (bicyclic) bond motifs is 1. The standard InChI is InChI=1S/C31H34N4O3S/c1-22-19-24(3)27(20-23(22)2)21-34-15-6-16-35(18-17-34)31(36)26-10-12-28(13-11-26)33-39(37,38)29-9-4-7-25-8-5-14-32-30(25)29/h4-5,7-14,19-20,33H,6,15-18,21H2,1-3H3. The number of aryl methyl sites for hydroxylation is 3. The number of nitrogens with zero attached hydrogens (tertiary/aromatic N) is 3. The molecule has 8 heteroatoms. The van der Waals surface area contributed by atoms with E-state index in [4.69, 9.17) is 0 Å². The lowest BCUT2D eigenvalue weighted by atomic mass is 10.0. The Morgan fingerprint density at radius 1 is 0.872 bits per heavy atom. The van der Waals surface area contributed by atoms with E-state index in [2.05, 4.69) is 47.5 Å². The van der Waals surface area contributed by atoms with E-state index in [1.165, 1.54) is 22.3 Å². The number of aromatic nitrogens is 1. The van der Waals surface area contributed by atoms with Crippen molar-refractivity contribution >= 4 is 32.5 Å². The number of pyridine rings is 1. The Morgan fingerprint density at radius 2 is 1.62 bits per heavy atom. The van der Waals surface area contributed by atoms with Crippen molar-refractivity contribution < 1.29 is 13.2 Å². The van der Waals surface area contributed by atoms with Crippen LogP contribution in [0.25, 0.3) is 10.9 Å². The average Bonchev–Trinajstić information content (AvgIpc) is 3.17. The molecule has 1 aliphatic heterocycles. The Labute approximate surface area is 230 Å². The average molecular weight is 543 g/mol. The molecule has 5 rings (SSSR count). The summed E-state index contributed by atoms with van der Waals surface area (Å²) in [4.78, 5) is 22.0. The second-order valence-corrected chi connectivity index (χ2v) is 11.9. The number of para-hydroxylation sites is 1. The molecule has 39 heavy (non-hydrogen) atoms. The third-order valence-corrected chi connectivity index (χ3v) is 8.90. The molecule has 1 fully saturated rings. The molecule has 3 aromatic carbocycles. The fourth-order valence-electron chi connectivity index (χ4n) is 5.13. The molecular weight excluding hydrogens is 508 g/mol. The van der Waals surface area contributed by atoms with Crippen LogP contribution in [0.3, 0.4) is 0 Å². The summed E-state index contributed by atoms with van der Waals surface area (Å²) in [6, 6.07) is 19.8. The van der Waals surface area contributed by atoms with Crippen LogP contribution in [-0.2, 0) is 16.6 Å². The predicted molar refractivity (Wildman–Crippen MR) is 155 cm³/mol. The van der Waals surface area contributed by atoms with Gasteiger partial charge in [-0.2, -0.15) is 0 Å². The zero-order valence-corrected chi connectivity index (χ0v) is 23.5. The molecule has 7 nitrogen and oxygen atoms in total. The first-order valence-electron chi connectivity index (χ1n) is 13.3. The Kier molecular flexibility index (Phi) is 7.68. The van der Waals surface area contributed by atoms with Crippen LogP contribution in [0.1, 0.15) is 39.0 Å². The van der Waals surface area contributed by atoms with Gasteiger partial charge < -0.3 is 4.90 Å².